The SMILES string of the molecule is CCOC(=O)NC=C(C)C(=O)OCCCO. The molecular weight excluding hydrogens is 214 g/mol. The molecule has 6 nitrogen and oxygen atoms in total. The predicted octanol–water partition coefficient (Wildman–Crippen LogP) is 0.562. The van der Waals surface area contributed by atoms with Crippen molar-refractivity contribution in [3.8, 4) is 0 Å². The van der Waals surface area contributed by atoms with Gasteiger partial charge in [-0.25, -0.2) is 9.59 Å². The molecule has 6 heteroatoms. The zero-order valence-corrected chi connectivity index (χ0v) is 9.49. The third kappa shape index (κ3) is 6.83. The molecule has 0 unspecified atom stereocenters. The van der Waals surface area contributed by atoms with Crippen molar-refractivity contribution in [2.24, 2.45) is 0 Å². The minimum absolute atomic E-state index is 0.0306. The van der Waals surface area contributed by atoms with Crippen molar-refractivity contribution < 1.29 is 24.2 Å². The average molecular weight is 231 g/mol. The average Bonchev–Trinajstić information content (AvgIpc) is 2.26. The number of carbonyl (C=O) groups excluding carboxylic acids is 2. The Morgan fingerprint density at radius 2 is 2.06 bits per heavy atom. The van der Waals surface area contributed by atoms with Gasteiger partial charge in [0.05, 0.1) is 18.8 Å². The highest BCUT2D eigenvalue weighted by atomic mass is 16.5. The Morgan fingerprint density at radius 1 is 1.38 bits per heavy atom. The summed E-state index contributed by atoms with van der Waals surface area (Å²) in [6, 6.07) is 0. The number of hydrogen-bond acceptors (Lipinski definition) is 5. The molecule has 0 aromatic heterocycles. The van der Waals surface area contributed by atoms with Crippen LogP contribution >= 0.6 is 0 Å². The van der Waals surface area contributed by atoms with E-state index in [2.05, 4.69) is 10.1 Å². The maximum Gasteiger partial charge on any atom is 0.411 e. The molecule has 0 radical (unpaired) electrons. The number of amides is 1. The first-order valence-electron chi connectivity index (χ1n) is 4.99. The van der Waals surface area contributed by atoms with Crippen LogP contribution in [0.1, 0.15) is 20.3 Å². The quantitative estimate of drug-likeness (QED) is 0.396. The summed E-state index contributed by atoms with van der Waals surface area (Å²) in [5, 5.41) is 10.8. The summed E-state index contributed by atoms with van der Waals surface area (Å²) in [6.45, 7) is 3.57. The largest absolute Gasteiger partial charge is 0.462 e. The summed E-state index contributed by atoms with van der Waals surface area (Å²) in [5.41, 5.74) is 0.256. The summed E-state index contributed by atoms with van der Waals surface area (Å²) >= 11 is 0. The van der Waals surface area contributed by atoms with E-state index in [-0.39, 0.29) is 25.4 Å². The van der Waals surface area contributed by atoms with Gasteiger partial charge in [0, 0.05) is 19.2 Å². The van der Waals surface area contributed by atoms with Crippen LogP contribution in [0.2, 0.25) is 0 Å². The molecule has 0 heterocycles. The van der Waals surface area contributed by atoms with Crippen molar-refractivity contribution in [2.75, 3.05) is 19.8 Å². The number of nitrogens with one attached hydrogen (secondary N) is 1. The first-order valence-corrected chi connectivity index (χ1v) is 4.99. The summed E-state index contributed by atoms with van der Waals surface area (Å²) in [4.78, 5) is 22.1. The van der Waals surface area contributed by atoms with E-state index >= 15 is 0 Å². The minimum atomic E-state index is -0.620. The van der Waals surface area contributed by atoms with E-state index in [4.69, 9.17) is 9.84 Å². The molecule has 0 aliphatic rings. The maximum absolute atomic E-state index is 11.2. The van der Waals surface area contributed by atoms with Crippen molar-refractivity contribution in [1.29, 1.82) is 0 Å². The van der Waals surface area contributed by atoms with Crippen LogP contribution in [0.5, 0.6) is 0 Å². The number of carbonyl (C=O) groups is 2. The Morgan fingerprint density at radius 3 is 2.62 bits per heavy atom. The lowest BCUT2D eigenvalue weighted by atomic mass is 10.3. The van der Waals surface area contributed by atoms with E-state index in [1.165, 1.54) is 13.1 Å². The molecule has 92 valence electrons. The molecular formula is C10H17NO5. The van der Waals surface area contributed by atoms with Crippen LogP contribution in [0.25, 0.3) is 0 Å². The van der Waals surface area contributed by atoms with Crippen molar-refractivity contribution in [3.63, 3.8) is 0 Å². The molecule has 0 bridgehead atoms. The van der Waals surface area contributed by atoms with Gasteiger partial charge in [0.25, 0.3) is 0 Å². The second-order valence-corrected chi connectivity index (χ2v) is 2.91. The second kappa shape index (κ2) is 8.72. The standard InChI is InChI=1S/C10H17NO5/c1-3-15-10(14)11-7-8(2)9(13)16-6-4-5-12/h7,12H,3-6H2,1-2H3,(H,11,14). The van der Waals surface area contributed by atoms with Gasteiger partial charge in [-0.3, -0.25) is 5.32 Å². The third-order valence-corrected chi connectivity index (χ3v) is 1.54. The molecule has 0 aromatic rings. The Labute approximate surface area is 94.2 Å². The molecule has 0 rings (SSSR count). The second-order valence-electron chi connectivity index (χ2n) is 2.91. The van der Waals surface area contributed by atoms with Crippen molar-refractivity contribution in [2.45, 2.75) is 20.3 Å². The Balaban J connectivity index is 3.92. The fourth-order valence-electron chi connectivity index (χ4n) is 0.742. The number of aliphatic hydroxyl groups excluding tert-OH is 1. The molecule has 2 N–H and O–H groups in total. The van der Waals surface area contributed by atoms with Gasteiger partial charge in [0.2, 0.25) is 0 Å². The van der Waals surface area contributed by atoms with Crippen LogP contribution in [0.4, 0.5) is 4.79 Å². The Bertz CT molecular complexity index is 262. The predicted molar refractivity (Wildman–Crippen MR) is 56.6 cm³/mol. The zero-order valence-electron chi connectivity index (χ0n) is 9.49. The molecule has 0 saturated carbocycles. The first kappa shape index (κ1) is 14.4. The zero-order chi connectivity index (χ0) is 12.4. The normalized spacial score (nSPS) is 10.8. The lowest BCUT2D eigenvalue weighted by molar-refractivity contribution is -0.139. The molecule has 0 atom stereocenters. The number of aliphatic hydroxyl groups is 1. The molecule has 0 aliphatic carbocycles. The van der Waals surface area contributed by atoms with Crippen LogP contribution in [0.15, 0.2) is 11.8 Å². The van der Waals surface area contributed by atoms with Gasteiger partial charge in [0.1, 0.15) is 0 Å². The summed E-state index contributed by atoms with van der Waals surface area (Å²) in [5.74, 6) is -0.537. The van der Waals surface area contributed by atoms with E-state index in [1.807, 2.05) is 0 Å². The number of ether oxygens (including phenoxy) is 2. The number of rotatable bonds is 6. The van der Waals surface area contributed by atoms with Crippen molar-refractivity contribution in [3.05, 3.63) is 11.8 Å². The highest BCUT2D eigenvalue weighted by Crippen LogP contribution is 1.96. The highest BCUT2D eigenvalue weighted by Gasteiger charge is 2.06. The van der Waals surface area contributed by atoms with Gasteiger partial charge in [-0.05, 0) is 13.8 Å². The topological polar surface area (TPSA) is 84.9 Å². The van der Waals surface area contributed by atoms with Crippen LogP contribution in [-0.4, -0.2) is 37.0 Å². The van der Waals surface area contributed by atoms with Gasteiger partial charge in [-0.2, -0.15) is 0 Å². The smallest absolute Gasteiger partial charge is 0.411 e. The fourth-order valence-corrected chi connectivity index (χ4v) is 0.742. The Kier molecular flexibility index (Phi) is 7.87. The van der Waals surface area contributed by atoms with Crippen molar-refractivity contribution >= 4 is 12.1 Å². The van der Waals surface area contributed by atoms with E-state index in [1.54, 1.807) is 6.92 Å². The summed E-state index contributed by atoms with van der Waals surface area (Å²) < 4.78 is 9.37. The van der Waals surface area contributed by atoms with Crippen LogP contribution in [-0.2, 0) is 14.3 Å². The van der Waals surface area contributed by atoms with E-state index in [0.29, 0.717) is 6.42 Å². The number of hydrogen-bond donors (Lipinski definition) is 2. The molecule has 0 aromatic carbocycles. The molecule has 1 amide bonds. The van der Waals surface area contributed by atoms with Gasteiger partial charge >= 0.3 is 12.1 Å². The lowest BCUT2D eigenvalue weighted by Crippen LogP contribution is -2.20. The fraction of sp³-hybridized carbons (Fsp3) is 0.600. The number of alkyl carbamates (subject to hydrolysis) is 1. The van der Waals surface area contributed by atoms with Crippen LogP contribution in [0, 0.1) is 0 Å². The van der Waals surface area contributed by atoms with Crippen LogP contribution in [0.3, 0.4) is 0 Å². The first-order chi connectivity index (χ1) is 7.61. The minimum Gasteiger partial charge on any atom is -0.462 e. The highest BCUT2D eigenvalue weighted by molar-refractivity contribution is 5.88. The third-order valence-electron chi connectivity index (χ3n) is 1.54. The van der Waals surface area contributed by atoms with E-state index in [0.717, 1.165) is 0 Å². The van der Waals surface area contributed by atoms with Gasteiger partial charge < -0.3 is 14.6 Å². The summed E-state index contributed by atoms with van der Waals surface area (Å²) in [7, 11) is 0. The summed E-state index contributed by atoms with van der Waals surface area (Å²) in [6.07, 6.45) is 0.994. The lowest BCUT2D eigenvalue weighted by Gasteiger charge is -2.04. The monoisotopic (exact) mass is 231 g/mol. The van der Waals surface area contributed by atoms with Crippen molar-refractivity contribution in [1.82, 2.24) is 5.32 Å². The van der Waals surface area contributed by atoms with Gasteiger partial charge in [0.15, 0.2) is 0 Å². The Hall–Kier alpha value is -1.56. The van der Waals surface area contributed by atoms with Crippen LogP contribution < -0.4 is 5.32 Å². The molecule has 0 spiro atoms. The van der Waals surface area contributed by atoms with Gasteiger partial charge in [-0.1, -0.05) is 0 Å². The molecule has 0 saturated heterocycles. The molecule has 0 aliphatic heterocycles. The van der Waals surface area contributed by atoms with E-state index < -0.39 is 12.1 Å². The maximum atomic E-state index is 11.2. The number of esters is 1. The molecule has 0 fully saturated rings. The molecule has 16 heavy (non-hydrogen) atoms. The van der Waals surface area contributed by atoms with E-state index in [9.17, 15) is 9.59 Å². The van der Waals surface area contributed by atoms with Gasteiger partial charge in [-0.15, -0.1) is 0 Å².